The summed E-state index contributed by atoms with van der Waals surface area (Å²) in [7, 11) is 0. The zero-order chi connectivity index (χ0) is 10.8. The minimum absolute atomic E-state index is 0.416. The molecule has 1 aromatic carbocycles. The highest BCUT2D eigenvalue weighted by molar-refractivity contribution is 6.32. The van der Waals surface area contributed by atoms with Gasteiger partial charge in [0, 0.05) is 0 Å². The molecule has 0 aromatic heterocycles. The number of nitriles is 1. The average molecular weight is 222 g/mol. The number of hydrogen-bond acceptors (Lipinski definition) is 2. The molecule has 0 fully saturated rings. The van der Waals surface area contributed by atoms with Gasteiger partial charge in [-0.25, -0.2) is 0 Å². The van der Waals surface area contributed by atoms with E-state index in [-0.39, 0.29) is 0 Å². The van der Waals surface area contributed by atoms with Crippen molar-refractivity contribution in [3.05, 3.63) is 27.8 Å². The zero-order valence-electron chi connectivity index (χ0n) is 8.64. The van der Waals surface area contributed by atoms with Gasteiger partial charge in [0.15, 0.2) is 0 Å². The van der Waals surface area contributed by atoms with E-state index >= 15 is 0 Å². The van der Waals surface area contributed by atoms with E-state index in [1.54, 1.807) is 0 Å². The average Bonchev–Trinajstić information content (AvgIpc) is 2.26. The van der Waals surface area contributed by atoms with Crippen molar-refractivity contribution in [2.75, 3.05) is 6.61 Å². The molecule has 78 valence electrons. The number of rotatable bonds is 1. The summed E-state index contributed by atoms with van der Waals surface area (Å²) in [6, 6.07) is 4.01. The highest BCUT2D eigenvalue weighted by Gasteiger charge is 2.18. The van der Waals surface area contributed by atoms with Crippen LogP contribution in [-0.4, -0.2) is 6.61 Å². The van der Waals surface area contributed by atoms with E-state index < -0.39 is 0 Å². The van der Waals surface area contributed by atoms with E-state index in [9.17, 15) is 0 Å². The van der Waals surface area contributed by atoms with Crippen LogP contribution in [0.5, 0.6) is 5.75 Å². The van der Waals surface area contributed by atoms with Gasteiger partial charge in [-0.3, -0.25) is 0 Å². The predicted molar refractivity (Wildman–Crippen MR) is 59.3 cm³/mol. The van der Waals surface area contributed by atoms with Gasteiger partial charge in [0.1, 0.15) is 5.75 Å². The van der Waals surface area contributed by atoms with Crippen molar-refractivity contribution in [1.82, 2.24) is 0 Å². The maximum atomic E-state index is 8.71. The van der Waals surface area contributed by atoms with Gasteiger partial charge in [-0.15, -0.1) is 0 Å². The maximum absolute atomic E-state index is 8.71. The van der Waals surface area contributed by atoms with Gasteiger partial charge in [-0.2, -0.15) is 5.26 Å². The van der Waals surface area contributed by atoms with E-state index in [0.29, 0.717) is 11.4 Å². The van der Waals surface area contributed by atoms with Gasteiger partial charge in [0.05, 0.1) is 24.1 Å². The van der Waals surface area contributed by atoms with Gasteiger partial charge in [0.2, 0.25) is 0 Å². The van der Waals surface area contributed by atoms with E-state index in [4.69, 9.17) is 21.6 Å². The molecule has 0 saturated heterocycles. The molecule has 0 saturated carbocycles. The fraction of sp³-hybridized carbons (Fsp3) is 0.417. The Morgan fingerprint density at radius 2 is 2.40 bits per heavy atom. The van der Waals surface area contributed by atoms with Crippen molar-refractivity contribution in [3.8, 4) is 11.8 Å². The van der Waals surface area contributed by atoms with Crippen LogP contribution in [0.3, 0.4) is 0 Å². The third-order valence-electron chi connectivity index (χ3n) is 2.81. The Labute approximate surface area is 94.4 Å². The number of fused-ring (bicyclic) bond motifs is 1. The smallest absolute Gasteiger partial charge is 0.141 e. The summed E-state index contributed by atoms with van der Waals surface area (Å²) >= 11 is 6.12. The molecule has 1 aromatic rings. The Bertz CT molecular complexity index is 434. The Kier molecular flexibility index (Phi) is 2.83. The molecular weight excluding hydrogens is 210 g/mol. The number of ether oxygens (including phenoxy) is 1. The first-order chi connectivity index (χ1) is 7.24. The largest absolute Gasteiger partial charge is 0.492 e. The third kappa shape index (κ3) is 1.80. The molecule has 0 radical (unpaired) electrons. The lowest BCUT2D eigenvalue weighted by atomic mass is 9.95. The van der Waals surface area contributed by atoms with Crippen LogP contribution in [0.1, 0.15) is 23.1 Å². The molecule has 0 N–H and O–H groups in total. The quantitative estimate of drug-likeness (QED) is 0.730. The summed E-state index contributed by atoms with van der Waals surface area (Å²) in [6.07, 6.45) is 2.44. The zero-order valence-corrected chi connectivity index (χ0v) is 9.40. The molecule has 15 heavy (non-hydrogen) atoms. The topological polar surface area (TPSA) is 33.0 Å². The molecule has 0 atom stereocenters. The summed E-state index contributed by atoms with van der Waals surface area (Å²) < 4.78 is 5.55. The summed E-state index contributed by atoms with van der Waals surface area (Å²) in [5.74, 6) is 0.821. The van der Waals surface area contributed by atoms with E-state index in [1.165, 1.54) is 5.56 Å². The molecule has 2 rings (SSSR count). The molecule has 0 unspecified atom stereocenters. The molecule has 1 aliphatic rings. The van der Waals surface area contributed by atoms with E-state index in [2.05, 4.69) is 6.07 Å². The summed E-state index contributed by atoms with van der Waals surface area (Å²) in [5, 5.41) is 9.35. The first-order valence-corrected chi connectivity index (χ1v) is 5.42. The van der Waals surface area contributed by atoms with E-state index in [0.717, 1.165) is 36.3 Å². The molecule has 2 nitrogen and oxygen atoms in total. The highest BCUT2D eigenvalue weighted by Crippen LogP contribution is 2.36. The van der Waals surface area contributed by atoms with Gasteiger partial charge in [-0.05, 0) is 42.5 Å². The molecule has 1 aliphatic heterocycles. The van der Waals surface area contributed by atoms with Crippen molar-refractivity contribution < 1.29 is 4.74 Å². The third-order valence-corrected chi connectivity index (χ3v) is 3.09. The minimum atomic E-state index is 0.416. The molecule has 0 spiro atoms. The standard InChI is InChI=1S/C12H12ClNO/c1-8-9(4-5-14)7-11(13)12-10(8)3-2-6-15-12/h7H,2-4,6H2,1H3. The van der Waals surface area contributed by atoms with Crippen molar-refractivity contribution >= 4 is 11.6 Å². The van der Waals surface area contributed by atoms with Crippen LogP contribution in [0.15, 0.2) is 6.07 Å². The molecule has 1 heterocycles. The van der Waals surface area contributed by atoms with Crippen LogP contribution in [-0.2, 0) is 12.8 Å². The van der Waals surface area contributed by atoms with Crippen LogP contribution in [0, 0.1) is 18.3 Å². The normalized spacial score (nSPS) is 13.9. The minimum Gasteiger partial charge on any atom is -0.492 e. The Morgan fingerprint density at radius 3 is 3.13 bits per heavy atom. The molecule has 3 heteroatoms. The van der Waals surface area contributed by atoms with Crippen LogP contribution in [0.2, 0.25) is 5.02 Å². The van der Waals surface area contributed by atoms with Crippen LogP contribution >= 0.6 is 11.6 Å². The fourth-order valence-electron chi connectivity index (χ4n) is 1.98. The van der Waals surface area contributed by atoms with Crippen LogP contribution in [0.25, 0.3) is 0 Å². The highest BCUT2D eigenvalue weighted by atomic mass is 35.5. The summed E-state index contributed by atoms with van der Waals surface area (Å²) in [5.41, 5.74) is 3.36. The first kappa shape index (κ1) is 10.3. The summed E-state index contributed by atoms with van der Waals surface area (Å²) in [4.78, 5) is 0. The Morgan fingerprint density at radius 1 is 1.60 bits per heavy atom. The summed E-state index contributed by atoms with van der Waals surface area (Å²) in [6.45, 7) is 2.78. The Balaban J connectivity index is 2.55. The van der Waals surface area contributed by atoms with E-state index in [1.807, 2.05) is 13.0 Å². The van der Waals surface area contributed by atoms with Gasteiger partial charge in [-0.1, -0.05) is 11.6 Å². The number of nitrogens with zero attached hydrogens (tertiary/aromatic N) is 1. The lowest BCUT2D eigenvalue weighted by Gasteiger charge is -2.21. The molecule has 0 bridgehead atoms. The Hall–Kier alpha value is -1.20. The lowest BCUT2D eigenvalue weighted by Crippen LogP contribution is -2.11. The van der Waals surface area contributed by atoms with Crippen LogP contribution in [0.4, 0.5) is 0 Å². The predicted octanol–water partition coefficient (Wildman–Crippen LogP) is 3.04. The van der Waals surface area contributed by atoms with Crippen LogP contribution < -0.4 is 4.74 Å². The number of halogens is 1. The maximum Gasteiger partial charge on any atom is 0.141 e. The van der Waals surface area contributed by atoms with Crippen molar-refractivity contribution in [3.63, 3.8) is 0 Å². The number of hydrogen-bond donors (Lipinski definition) is 0. The monoisotopic (exact) mass is 221 g/mol. The second kappa shape index (κ2) is 4.12. The number of benzene rings is 1. The van der Waals surface area contributed by atoms with Crippen molar-refractivity contribution in [1.29, 1.82) is 5.26 Å². The molecule has 0 aliphatic carbocycles. The second-order valence-corrected chi connectivity index (χ2v) is 4.14. The second-order valence-electron chi connectivity index (χ2n) is 3.74. The lowest BCUT2D eigenvalue weighted by molar-refractivity contribution is 0.288. The van der Waals surface area contributed by atoms with Gasteiger partial charge < -0.3 is 4.74 Å². The van der Waals surface area contributed by atoms with Gasteiger partial charge >= 0.3 is 0 Å². The first-order valence-electron chi connectivity index (χ1n) is 5.04. The van der Waals surface area contributed by atoms with Crippen molar-refractivity contribution in [2.24, 2.45) is 0 Å². The van der Waals surface area contributed by atoms with Gasteiger partial charge in [0.25, 0.3) is 0 Å². The fourth-order valence-corrected chi connectivity index (χ4v) is 2.28. The van der Waals surface area contributed by atoms with Crippen molar-refractivity contribution in [2.45, 2.75) is 26.2 Å². The molecule has 0 amide bonds. The SMILES string of the molecule is Cc1c(CC#N)cc(Cl)c2c1CCCO2. The molecular formula is C12H12ClNO.